The number of amidine groups is 1. The lowest BCUT2D eigenvalue weighted by Crippen LogP contribution is -2.55. The van der Waals surface area contributed by atoms with Crippen LogP contribution < -0.4 is 10.1 Å². The SMILES string of the molecule is CC(C)Oc1cc([N+](=O)[O-])ccc1C1=N[C@@H](c2ccc(Cl)cc2)[C@@H](c2cncs2)N1C(=O)N1CCNC(=O)C1. The van der Waals surface area contributed by atoms with E-state index in [0.717, 1.165) is 10.4 Å². The number of benzene rings is 2. The zero-order valence-corrected chi connectivity index (χ0v) is 22.7. The highest BCUT2D eigenvalue weighted by molar-refractivity contribution is 7.09. The average Bonchev–Trinajstić information content (AvgIpc) is 3.56. The van der Waals surface area contributed by atoms with Crippen molar-refractivity contribution in [3.63, 3.8) is 0 Å². The summed E-state index contributed by atoms with van der Waals surface area (Å²) in [5.41, 5.74) is 2.78. The lowest BCUT2D eigenvalue weighted by Gasteiger charge is -2.35. The van der Waals surface area contributed by atoms with Gasteiger partial charge < -0.3 is 15.0 Å². The van der Waals surface area contributed by atoms with Crippen molar-refractivity contribution in [3.8, 4) is 5.75 Å². The maximum atomic E-state index is 14.2. The van der Waals surface area contributed by atoms with E-state index < -0.39 is 23.0 Å². The first kappa shape index (κ1) is 26.6. The number of non-ortho nitro benzene ring substituents is 1. The molecule has 11 nitrogen and oxygen atoms in total. The second-order valence-corrected chi connectivity index (χ2v) is 10.7. The fourth-order valence-corrected chi connectivity index (χ4v) is 5.50. The predicted molar refractivity (Wildman–Crippen MR) is 146 cm³/mol. The molecule has 1 saturated heterocycles. The van der Waals surface area contributed by atoms with E-state index in [2.05, 4.69) is 10.3 Å². The minimum Gasteiger partial charge on any atom is -0.490 e. The molecule has 5 rings (SSSR count). The third-order valence-corrected chi connectivity index (χ3v) is 7.41. The summed E-state index contributed by atoms with van der Waals surface area (Å²) in [4.78, 5) is 50.5. The van der Waals surface area contributed by atoms with Gasteiger partial charge >= 0.3 is 6.03 Å². The van der Waals surface area contributed by atoms with E-state index in [-0.39, 0.29) is 35.8 Å². The molecule has 39 heavy (non-hydrogen) atoms. The largest absolute Gasteiger partial charge is 0.490 e. The van der Waals surface area contributed by atoms with Crippen LogP contribution >= 0.6 is 22.9 Å². The van der Waals surface area contributed by atoms with Gasteiger partial charge in [-0.15, -0.1) is 11.3 Å². The van der Waals surface area contributed by atoms with Gasteiger partial charge in [0.05, 0.1) is 33.0 Å². The van der Waals surface area contributed by atoms with Crippen LogP contribution in [0.5, 0.6) is 5.75 Å². The Morgan fingerprint density at radius 2 is 2.03 bits per heavy atom. The van der Waals surface area contributed by atoms with Crippen molar-refractivity contribution in [1.29, 1.82) is 0 Å². The van der Waals surface area contributed by atoms with E-state index in [0.29, 0.717) is 23.7 Å². The summed E-state index contributed by atoms with van der Waals surface area (Å²) in [7, 11) is 0. The van der Waals surface area contributed by atoms with Gasteiger partial charge in [-0.25, -0.2) is 4.79 Å². The molecule has 13 heteroatoms. The molecule has 0 radical (unpaired) electrons. The molecule has 0 unspecified atom stereocenters. The van der Waals surface area contributed by atoms with Gasteiger partial charge in [-0.1, -0.05) is 23.7 Å². The number of halogens is 1. The van der Waals surface area contributed by atoms with Gasteiger partial charge in [0, 0.05) is 30.4 Å². The Kier molecular flexibility index (Phi) is 7.49. The molecule has 2 aliphatic rings. The van der Waals surface area contributed by atoms with Gasteiger partial charge in [-0.05, 0) is 37.6 Å². The van der Waals surface area contributed by atoms with E-state index in [9.17, 15) is 19.7 Å². The summed E-state index contributed by atoms with van der Waals surface area (Å²) in [6.45, 7) is 4.18. The highest BCUT2D eigenvalue weighted by Gasteiger charge is 2.46. The number of hydrogen-bond acceptors (Lipinski definition) is 8. The fourth-order valence-electron chi connectivity index (χ4n) is 4.63. The van der Waals surface area contributed by atoms with Crippen LogP contribution in [-0.2, 0) is 4.79 Å². The third-order valence-electron chi connectivity index (χ3n) is 6.32. The minimum absolute atomic E-state index is 0.0980. The first-order chi connectivity index (χ1) is 18.7. The predicted octanol–water partition coefficient (Wildman–Crippen LogP) is 4.59. The standard InChI is InChI=1S/C26H25ClN6O5S/c1-15(2)38-20-11-18(33(36)37)7-8-19(20)25-30-23(16-3-5-17(27)6-4-16)24(21-12-28-14-39-21)32(25)26(35)31-10-9-29-22(34)13-31/h3-8,11-12,14-15,23-24H,9-10,13H2,1-2H3,(H,29,34)/t23-,24+/m0/s1. The van der Waals surface area contributed by atoms with Crippen molar-refractivity contribution in [1.82, 2.24) is 20.1 Å². The molecular weight excluding hydrogens is 544 g/mol. The quantitative estimate of drug-likeness (QED) is 0.342. The number of hydrogen-bond donors (Lipinski definition) is 1. The molecule has 1 N–H and O–H groups in total. The number of nitro groups is 1. The second-order valence-electron chi connectivity index (χ2n) is 9.33. The molecule has 1 aromatic heterocycles. The molecule has 2 aliphatic heterocycles. The number of urea groups is 1. The first-order valence-corrected chi connectivity index (χ1v) is 13.5. The molecule has 0 bridgehead atoms. The van der Waals surface area contributed by atoms with Crippen molar-refractivity contribution in [3.05, 3.63) is 85.3 Å². The Labute approximate surface area is 233 Å². The van der Waals surface area contributed by atoms with Crippen molar-refractivity contribution in [2.24, 2.45) is 4.99 Å². The Balaban J connectivity index is 1.70. The molecule has 3 amide bonds. The van der Waals surface area contributed by atoms with Crippen LogP contribution in [0.4, 0.5) is 10.5 Å². The number of nitro benzene ring substituents is 1. The minimum atomic E-state index is -0.590. The van der Waals surface area contributed by atoms with Gasteiger partial charge in [-0.2, -0.15) is 0 Å². The molecule has 202 valence electrons. The zero-order valence-electron chi connectivity index (χ0n) is 21.1. The van der Waals surface area contributed by atoms with E-state index in [1.807, 2.05) is 26.0 Å². The molecular formula is C26H25ClN6O5S. The van der Waals surface area contributed by atoms with Gasteiger partial charge in [-0.3, -0.25) is 29.8 Å². The van der Waals surface area contributed by atoms with Gasteiger partial charge in [0.15, 0.2) is 0 Å². The first-order valence-electron chi connectivity index (χ1n) is 12.2. The molecule has 1 fully saturated rings. The lowest BCUT2D eigenvalue weighted by molar-refractivity contribution is -0.384. The fraction of sp³-hybridized carbons (Fsp3) is 0.308. The number of nitrogens with zero attached hydrogens (tertiary/aromatic N) is 5. The smallest absolute Gasteiger partial charge is 0.326 e. The maximum Gasteiger partial charge on any atom is 0.326 e. The molecule has 0 saturated carbocycles. The Morgan fingerprint density at radius 1 is 1.26 bits per heavy atom. The molecule has 2 aromatic carbocycles. The van der Waals surface area contributed by atoms with Gasteiger partial charge in [0.1, 0.15) is 30.2 Å². The van der Waals surface area contributed by atoms with E-state index >= 15 is 0 Å². The number of thiazole rings is 1. The molecule has 0 spiro atoms. The summed E-state index contributed by atoms with van der Waals surface area (Å²) in [5.74, 6) is 0.261. The topological polar surface area (TPSA) is 130 Å². The maximum absolute atomic E-state index is 14.2. The lowest BCUT2D eigenvalue weighted by atomic mass is 9.99. The average molecular weight is 569 g/mol. The van der Waals surface area contributed by atoms with Crippen molar-refractivity contribution in [2.75, 3.05) is 19.6 Å². The van der Waals surface area contributed by atoms with Crippen LogP contribution in [-0.4, -0.2) is 63.2 Å². The number of piperazine rings is 1. The van der Waals surface area contributed by atoms with E-state index in [4.69, 9.17) is 21.3 Å². The molecule has 2 atom stereocenters. The normalized spacial score (nSPS) is 19.2. The van der Waals surface area contributed by atoms with Crippen LogP contribution in [0.15, 0.2) is 59.2 Å². The second kappa shape index (κ2) is 11.0. The Hall–Kier alpha value is -4.03. The van der Waals surface area contributed by atoms with Crippen molar-refractivity contribution >= 4 is 46.4 Å². The van der Waals surface area contributed by atoms with Crippen LogP contribution in [0.3, 0.4) is 0 Å². The monoisotopic (exact) mass is 568 g/mol. The number of carbonyl (C=O) groups is 2. The van der Waals surface area contributed by atoms with Crippen LogP contribution in [0.2, 0.25) is 5.02 Å². The molecule has 0 aliphatic carbocycles. The number of carbonyl (C=O) groups excluding carboxylic acids is 2. The van der Waals surface area contributed by atoms with E-state index in [1.54, 1.807) is 34.8 Å². The molecule has 3 heterocycles. The summed E-state index contributed by atoms with van der Waals surface area (Å²) in [6.07, 6.45) is 1.40. The number of amides is 3. The number of rotatable bonds is 6. The number of aliphatic imine (C=N–C) groups is 1. The molecule has 3 aromatic rings. The van der Waals surface area contributed by atoms with Gasteiger partial charge in [0.2, 0.25) is 5.91 Å². The van der Waals surface area contributed by atoms with Crippen LogP contribution in [0, 0.1) is 10.1 Å². The van der Waals surface area contributed by atoms with Crippen LogP contribution in [0.1, 0.15) is 41.9 Å². The summed E-state index contributed by atoms with van der Waals surface area (Å²) in [5, 5.41) is 14.8. The van der Waals surface area contributed by atoms with Crippen molar-refractivity contribution in [2.45, 2.75) is 32.0 Å². The van der Waals surface area contributed by atoms with Crippen LogP contribution in [0.25, 0.3) is 0 Å². The number of nitrogens with one attached hydrogen (secondary N) is 1. The zero-order chi connectivity index (χ0) is 27.7. The van der Waals surface area contributed by atoms with Gasteiger partial charge in [0.25, 0.3) is 5.69 Å². The summed E-state index contributed by atoms with van der Waals surface area (Å²) < 4.78 is 5.99. The Morgan fingerprint density at radius 3 is 2.67 bits per heavy atom. The summed E-state index contributed by atoms with van der Waals surface area (Å²) >= 11 is 7.54. The number of aromatic nitrogens is 1. The van der Waals surface area contributed by atoms with E-state index in [1.165, 1.54) is 28.4 Å². The highest BCUT2D eigenvalue weighted by Crippen LogP contribution is 2.46. The number of ether oxygens (including phenoxy) is 1. The van der Waals surface area contributed by atoms with Crippen molar-refractivity contribution < 1.29 is 19.2 Å². The Bertz CT molecular complexity index is 1430. The third kappa shape index (κ3) is 5.43. The summed E-state index contributed by atoms with van der Waals surface area (Å²) in [6, 6.07) is 9.93. The highest BCUT2D eigenvalue weighted by atomic mass is 35.5.